The van der Waals surface area contributed by atoms with E-state index in [0.29, 0.717) is 19.6 Å². The maximum Gasteiger partial charge on any atom is 0.326 e. The Morgan fingerprint density at radius 3 is 2.67 bits per heavy atom. The van der Waals surface area contributed by atoms with Gasteiger partial charge < -0.3 is 20.5 Å². The van der Waals surface area contributed by atoms with Crippen LogP contribution in [0.3, 0.4) is 0 Å². The monoisotopic (exact) mass is 459 g/mol. The van der Waals surface area contributed by atoms with E-state index in [1.807, 2.05) is 13.8 Å². The van der Waals surface area contributed by atoms with Gasteiger partial charge in [0.1, 0.15) is 11.9 Å². The molecule has 1 amide bonds. The minimum Gasteiger partial charge on any atom is -0.480 e. The summed E-state index contributed by atoms with van der Waals surface area (Å²) < 4.78 is 5.40. The van der Waals surface area contributed by atoms with Crippen LogP contribution in [0.4, 0.5) is 5.82 Å². The number of rotatable bonds is 12. The maximum atomic E-state index is 12.9. The summed E-state index contributed by atoms with van der Waals surface area (Å²) in [4.78, 5) is 29.3. The Labute approximate surface area is 198 Å². The van der Waals surface area contributed by atoms with Crippen LogP contribution < -0.4 is 10.6 Å². The van der Waals surface area contributed by atoms with E-state index in [-0.39, 0.29) is 11.8 Å². The number of nitrogens with one attached hydrogen (secondary N) is 2. The van der Waals surface area contributed by atoms with Gasteiger partial charge in [0.15, 0.2) is 0 Å². The van der Waals surface area contributed by atoms with Crippen molar-refractivity contribution >= 4 is 17.7 Å². The normalized spacial score (nSPS) is 17.6. The van der Waals surface area contributed by atoms with Crippen molar-refractivity contribution in [2.24, 2.45) is 11.3 Å². The number of aryl methyl sites for hydroxylation is 2. The zero-order chi connectivity index (χ0) is 23.7. The van der Waals surface area contributed by atoms with Crippen molar-refractivity contribution in [1.82, 2.24) is 10.3 Å². The molecule has 1 aromatic rings. The lowest BCUT2D eigenvalue weighted by molar-refractivity contribution is -0.145. The lowest BCUT2D eigenvalue weighted by Gasteiger charge is -2.36. The minimum absolute atomic E-state index is 0.158. The van der Waals surface area contributed by atoms with E-state index in [1.165, 1.54) is 12.0 Å². The third kappa shape index (κ3) is 7.42. The molecule has 3 heterocycles. The van der Waals surface area contributed by atoms with Crippen LogP contribution in [0.2, 0.25) is 0 Å². The first-order valence-corrected chi connectivity index (χ1v) is 12.7. The van der Waals surface area contributed by atoms with Gasteiger partial charge >= 0.3 is 5.97 Å². The van der Waals surface area contributed by atoms with Gasteiger partial charge in [-0.1, -0.05) is 45.6 Å². The van der Waals surface area contributed by atoms with Crippen molar-refractivity contribution in [3.8, 4) is 0 Å². The number of ether oxygens (including phenoxy) is 1. The third-order valence-corrected chi connectivity index (χ3v) is 7.31. The van der Waals surface area contributed by atoms with Crippen LogP contribution in [0.25, 0.3) is 0 Å². The molecule has 1 aromatic heterocycles. The predicted octanol–water partition coefficient (Wildman–Crippen LogP) is 4.35. The number of fused-ring (bicyclic) bond motifs is 1. The Morgan fingerprint density at radius 1 is 1.18 bits per heavy atom. The summed E-state index contributed by atoms with van der Waals surface area (Å²) in [5, 5.41) is 15.8. The number of carboxylic acids is 1. The molecule has 1 atom stereocenters. The average molecular weight is 460 g/mol. The van der Waals surface area contributed by atoms with Crippen LogP contribution in [-0.2, 0) is 27.2 Å². The van der Waals surface area contributed by atoms with Gasteiger partial charge in [0.25, 0.3) is 0 Å². The van der Waals surface area contributed by atoms with E-state index >= 15 is 0 Å². The van der Waals surface area contributed by atoms with E-state index in [2.05, 4.69) is 22.8 Å². The van der Waals surface area contributed by atoms with Crippen molar-refractivity contribution in [3.63, 3.8) is 0 Å². The van der Waals surface area contributed by atoms with Crippen LogP contribution in [0.15, 0.2) is 12.1 Å². The molecule has 1 unspecified atom stereocenters. The Hall–Kier alpha value is -2.15. The maximum absolute atomic E-state index is 12.9. The number of nitrogens with zero attached hydrogens (tertiary/aromatic N) is 1. The van der Waals surface area contributed by atoms with Crippen molar-refractivity contribution < 1.29 is 19.4 Å². The first kappa shape index (κ1) is 25.5. The standard InChI is InChI=1S/C26H41N3O4/c1-26(2,20-14-17-33-18-15-20)25(32)29-22(24(30)31)11-7-5-3-4-6-10-21-13-12-19-9-8-16-27-23(19)28-21/h12-13,20,22H,3-11,14-18H2,1-2H3,(H,27,28)(H,29,32)(H,30,31). The number of aromatic nitrogens is 1. The molecule has 184 valence electrons. The molecule has 0 aromatic carbocycles. The number of amides is 1. The number of carboxylic acid groups (broad SMARTS) is 1. The second-order valence-corrected chi connectivity index (χ2v) is 10.1. The van der Waals surface area contributed by atoms with E-state index in [9.17, 15) is 14.7 Å². The molecule has 0 bridgehead atoms. The highest BCUT2D eigenvalue weighted by Crippen LogP contribution is 2.34. The molecule has 0 spiro atoms. The van der Waals surface area contributed by atoms with Crippen LogP contribution >= 0.6 is 0 Å². The van der Waals surface area contributed by atoms with E-state index in [1.54, 1.807) is 0 Å². The van der Waals surface area contributed by atoms with Gasteiger partial charge in [-0.25, -0.2) is 9.78 Å². The molecule has 1 fully saturated rings. The first-order valence-electron chi connectivity index (χ1n) is 12.7. The van der Waals surface area contributed by atoms with E-state index in [4.69, 9.17) is 9.72 Å². The highest BCUT2D eigenvalue weighted by molar-refractivity contribution is 5.87. The summed E-state index contributed by atoms with van der Waals surface area (Å²) in [6.07, 6.45) is 10.5. The molecule has 1 saturated heterocycles. The Bertz CT molecular complexity index is 790. The largest absolute Gasteiger partial charge is 0.480 e. The quantitative estimate of drug-likeness (QED) is 0.402. The molecule has 3 rings (SSSR count). The van der Waals surface area contributed by atoms with Crippen LogP contribution in [-0.4, -0.2) is 47.8 Å². The lowest BCUT2D eigenvalue weighted by atomic mass is 9.74. The van der Waals surface area contributed by atoms with Crippen molar-refractivity contribution in [2.75, 3.05) is 25.1 Å². The summed E-state index contributed by atoms with van der Waals surface area (Å²) >= 11 is 0. The number of hydrogen-bond acceptors (Lipinski definition) is 5. The smallest absolute Gasteiger partial charge is 0.326 e. The highest BCUT2D eigenvalue weighted by Gasteiger charge is 2.39. The van der Waals surface area contributed by atoms with Crippen molar-refractivity contribution in [1.29, 1.82) is 0 Å². The van der Waals surface area contributed by atoms with Gasteiger partial charge in [-0.05, 0) is 62.5 Å². The summed E-state index contributed by atoms with van der Waals surface area (Å²) in [7, 11) is 0. The Balaban J connectivity index is 1.33. The van der Waals surface area contributed by atoms with Gasteiger partial charge in [0.2, 0.25) is 5.91 Å². The number of pyridine rings is 1. The van der Waals surface area contributed by atoms with Gasteiger partial charge in [-0.3, -0.25) is 4.79 Å². The van der Waals surface area contributed by atoms with E-state index < -0.39 is 17.4 Å². The number of carbonyl (C=O) groups is 2. The zero-order valence-electron chi connectivity index (χ0n) is 20.3. The molecule has 33 heavy (non-hydrogen) atoms. The fourth-order valence-corrected chi connectivity index (χ4v) is 4.90. The predicted molar refractivity (Wildman–Crippen MR) is 129 cm³/mol. The number of unbranched alkanes of at least 4 members (excludes halogenated alkanes) is 4. The fraction of sp³-hybridized carbons (Fsp3) is 0.731. The summed E-state index contributed by atoms with van der Waals surface area (Å²) in [5.74, 6) is 0.175. The SMILES string of the molecule is CC(C)(C(=O)NC(CCCCCCCc1ccc2c(n1)NCCC2)C(=O)O)C1CCOCC1. The number of anilines is 1. The molecular weight excluding hydrogens is 418 g/mol. The number of carbonyl (C=O) groups excluding carboxylic acids is 1. The van der Waals surface area contributed by atoms with Crippen LogP contribution in [0.1, 0.15) is 82.9 Å². The van der Waals surface area contributed by atoms with Crippen molar-refractivity contribution in [3.05, 3.63) is 23.4 Å². The third-order valence-electron chi connectivity index (χ3n) is 7.31. The summed E-state index contributed by atoms with van der Waals surface area (Å²) in [6.45, 7) is 6.19. The molecule has 7 heteroatoms. The Morgan fingerprint density at radius 2 is 1.91 bits per heavy atom. The molecule has 0 saturated carbocycles. The molecule has 2 aliphatic heterocycles. The van der Waals surface area contributed by atoms with Gasteiger partial charge in [-0.15, -0.1) is 0 Å². The van der Waals surface area contributed by atoms with Crippen LogP contribution in [0, 0.1) is 11.3 Å². The van der Waals surface area contributed by atoms with E-state index in [0.717, 1.165) is 75.8 Å². The zero-order valence-corrected chi connectivity index (χ0v) is 20.3. The molecule has 3 N–H and O–H groups in total. The van der Waals surface area contributed by atoms with Crippen LogP contribution in [0.5, 0.6) is 0 Å². The average Bonchev–Trinajstić information content (AvgIpc) is 2.82. The fourth-order valence-electron chi connectivity index (χ4n) is 4.90. The number of aliphatic carboxylic acids is 1. The van der Waals surface area contributed by atoms with Crippen molar-refractivity contribution in [2.45, 2.75) is 90.5 Å². The summed E-state index contributed by atoms with van der Waals surface area (Å²) in [5.41, 5.74) is 1.88. The number of hydrogen-bond donors (Lipinski definition) is 3. The summed E-state index contributed by atoms with van der Waals surface area (Å²) in [6, 6.07) is 3.53. The second-order valence-electron chi connectivity index (χ2n) is 10.1. The highest BCUT2D eigenvalue weighted by atomic mass is 16.5. The topological polar surface area (TPSA) is 101 Å². The van der Waals surface area contributed by atoms with Gasteiger partial charge in [0.05, 0.1) is 0 Å². The second kappa shape index (κ2) is 12.4. The molecule has 0 aliphatic carbocycles. The molecule has 0 radical (unpaired) electrons. The lowest BCUT2D eigenvalue weighted by Crippen LogP contribution is -2.49. The first-order chi connectivity index (χ1) is 15.9. The molecule has 2 aliphatic rings. The Kier molecular flexibility index (Phi) is 9.53. The van der Waals surface area contributed by atoms with Gasteiger partial charge in [-0.2, -0.15) is 0 Å². The van der Waals surface area contributed by atoms with Gasteiger partial charge in [0, 0.05) is 30.9 Å². The molecule has 7 nitrogen and oxygen atoms in total. The molecular formula is C26H41N3O4. The minimum atomic E-state index is -0.946.